The highest BCUT2D eigenvalue weighted by Crippen LogP contribution is 2.33. The van der Waals surface area contributed by atoms with Crippen molar-refractivity contribution >= 4 is 11.9 Å². The van der Waals surface area contributed by atoms with Crippen molar-refractivity contribution in [1.82, 2.24) is 14.8 Å². The van der Waals surface area contributed by atoms with Crippen LogP contribution in [0.4, 0.5) is 17.6 Å². The van der Waals surface area contributed by atoms with E-state index >= 15 is 0 Å². The second kappa shape index (κ2) is 10.3. The molecule has 2 fully saturated rings. The SMILES string of the molecule is Cn1cccc1C(=O)NC[C@H]1C[C@@H]2CN(Cc3ccc(F)cc3)C[C@@H]2O1.O=C(O)C(F)(F)F. The predicted octanol–water partition coefficient (Wildman–Crippen LogP) is 2.82. The highest BCUT2D eigenvalue weighted by atomic mass is 19.4. The van der Waals surface area contributed by atoms with Crippen molar-refractivity contribution in [3.05, 3.63) is 59.7 Å². The molecule has 2 aliphatic rings. The van der Waals surface area contributed by atoms with Crippen LogP contribution in [0.1, 0.15) is 22.5 Å². The van der Waals surface area contributed by atoms with E-state index in [0.717, 1.165) is 31.6 Å². The number of amides is 1. The number of benzene rings is 1. The first-order valence-electron chi connectivity index (χ1n) is 10.3. The molecule has 0 radical (unpaired) electrons. The summed E-state index contributed by atoms with van der Waals surface area (Å²) in [7, 11) is 1.86. The van der Waals surface area contributed by atoms with Gasteiger partial charge in [-0.15, -0.1) is 0 Å². The van der Waals surface area contributed by atoms with Crippen LogP contribution in [0.3, 0.4) is 0 Å². The van der Waals surface area contributed by atoms with Crippen LogP contribution in [0.5, 0.6) is 0 Å². The highest BCUT2D eigenvalue weighted by molar-refractivity contribution is 5.92. The first-order chi connectivity index (χ1) is 15.5. The van der Waals surface area contributed by atoms with Crippen LogP contribution in [0.25, 0.3) is 0 Å². The second-order valence-electron chi connectivity index (χ2n) is 8.13. The van der Waals surface area contributed by atoms with Crippen molar-refractivity contribution < 1.29 is 37.0 Å². The Morgan fingerprint density at radius 1 is 1.18 bits per heavy atom. The smallest absolute Gasteiger partial charge is 0.475 e. The lowest BCUT2D eigenvalue weighted by Gasteiger charge is -2.19. The lowest BCUT2D eigenvalue weighted by Crippen LogP contribution is -2.34. The van der Waals surface area contributed by atoms with Gasteiger partial charge in [0, 0.05) is 45.3 Å². The van der Waals surface area contributed by atoms with Gasteiger partial charge in [-0.3, -0.25) is 9.69 Å². The summed E-state index contributed by atoms with van der Waals surface area (Å²) >= 11 is 0. The van der Waals surface area contributed by atoms with Gasteiger partial charge in [0.2, 0.25) is 0 Å². The molecular formula is C22H25F4N3O4. The fourth-order valence-corrected chi connectivity index (χ4v) is 4.05. The number of nitrogens with zero attached hydrogens (tertiary/aromatic N) is 2. The highest BCUT2D eigenvalue weighted by Gasteiger charge is 2.41. The van der Waals surface area contributed by atoms with Gasteiger partial charge >= 0.3 is 12.1 Å². The van der Waals surface area contributed by atoms with Crippen molar-refractivity contribution in [2.45, 2.75) is 31.3 Å². The summed E-state index contributed by atoms with van der Waals surface area (Å²) in [5, 5.41) is 10.1. The lowest BCUT2D eigenvalue weighted by molar-refractivity contribution is -0.192. The van der Waals surface area contributed by atoms with Gasteiger partial charge in [0.15, 0.2) is 0 Å². The predicted molar refractivity (Wildman–Crippen MR) is 110 cm³/mol. The fraction of sp³-hybridized carbons (Fsp3) is 0.455. The monoisotopic (exact) mass is 471 g/mol. The average Bonchev–Trinajstić information content (AvgIpc) is 3.42. The van der Waals surface area contributed by atoms with E-state index in [1.54, 1.807) is 0 Å². The van der Waals surface area contributed by atoms with E-state index in [4.69, 9.17) is 14.6 Å². The number of nitrogens with one attached hydrogen (secondary N) is 1. The Kier molecular flexibility index (Phi) is 7.75. The fourth-order valence-electron chi connectivity index (χ4n) is 4.05. The Labute approximate surface area is 187 Å². The molecule has 1 aromatic carbocycles. The van der Waals surface area contributed by atoms with Gasteiger partial charge in [0.1, 0.15) is 11.5 Å². The number of hydrogen-bond acceptors (Lipinski definition) is 4. The number of fused-ring (bicyclic) bond motifs is 1. The van der Waals surface area contributed by atoms with E-state index in [9.17, 15) is 22.4 Å². The van der Waals surface area contributed by atoms with E-state index in [1.165, 1.54) is 12.1 Å². The van der Waals surface area contributed by atoms with E-state index in [2.05, 4.69) is 10.2 Å². The first kappa shape index (κ1) is 24.7. The Morgan fingerprint density at radius 3 is 2.39 bits per heavy atom. The maximum absolute atomic E-state index is 13.0. The zero-order chi connectivity index (χ0) is 24.2. The minimum absolute atomic E-state index is 0.0592. The van der Waals surface area contributed by atoms with Gasteiger partial charge in [-0.1, -0.05) is 12.1 Å². The number of aliphatic carboxylic acids is 1. The van der Waals surface area contributed by atoms with E-state index in [-0.39, 0.29) is 23.9 Å². The molecule has 2 aromatic rings. The minimum atomic E-state index is -5.08. The standard InChI is InChI=1S/C20H24FN3O2.C2HF3O2/c1-23-8-2-3-18(23)20(25)22-10-17-9-15-12-24(13-19(15)26-17)11-14-4-6-16(21)7-5-14;3-2(4,5)1(6)7/h2-8,15,17,19H,9-13H2,1H3,(H,22,25);(H,6,7)/t15-,17-,19+;/m1./s1. The number of aryl methyl sites for hydroxylation is 1. The average molecular weight is 471 g/mol. The van der Waals surface area contributed by atoms with Gasteiger partial charge < -0.3 is 19.7 Å². The van der Waals surface area contributed by atoms with Crippen molar-refractivity contribution in [2.75, 3.05) is 19.6 Å². The summed E-state index contributed by atoms with van der Waals surface area (Å²) in [4.78, 5) is 23.4. The number of rotatable bonds is 5. The molecule has 1 aromatic heterocycles. The summed E-state index contributed by atoms with van der Waals surface area (Å²) in [6, 6.07) is 10.4. The van der Waals surface area contributed by atoms with Gasteiger partial charge in [0.05, 0.1) is 12.2 Å². The number of carboxylic acid groups (broad SMARTS) is 1. The third kappa shape index (κ3) is 6.78. The normalized spacial score (nSPS) is 22.4. The molecule has 0 spiro atoms. The molecule has 33 heavy (non-hydrogen) atoms. The molecule has 1 amide bonds. The number of alkyl halides is 3. The van der Waals surface area contributed by atoms with Crippen molar-refractivity contribution in [3.63, 3.8) is 0 Å². The van der Waals surface area contributed by atoms with Gasteiger partial charge in [-0.2, -0.15) is 13.2 Å². The van der Waals surface area contributed by atoms with Gasteiger partial charge in [-0.25, -0.2) is 9.18 Å². The van der Waals surface area contributed by atoms with Crippen LogP contribution >= 0.6 is 0 Å². The molecule has 0 aliphatic carbocycles. The third-order valence-corrected chi connectivity index (χ3v) is 5.62. The maximum atomic E-state index is 13.0. The molecule has 3 heterocycles. The number of carbonyl (C=O) groups excluding carboxylic acids is 1. The summed E-state index contributed by atoms with van der Waals surface area (Å²) < 4.78 is 52.7. The maximum Gasteiger partial charge on any atom is 0.490 e. The van der Waals surface area contributed by atoms with Crippen LogP contribution in [0.2, 0.25) is 0 Å². The van der Waals surface area contributed by atoms with Gasteiger partial charge in [-0.05, 0) is 36.2 Å². The molecule has 2 saturated heterocycles. The molecule has 0 unspecified atom stereocenters. The summed E-state index contributed by atoms with van der Waals surface area (Å²) in [6.45, 7) is 3.26. The molecule has 3 atom stereocenters. The molecular weight excluding hydrogens is 446 g/mol. The molecule has 0 saturated carbocycles. The van der Waals surface area contributed by atoms with Crippen LogP contribution in [0, 0.1) is 11.7 Å². The molecule has 7 nitrogen and oxygen atoms in total. The quantitative estimate of drug-likeness (QED) is 0.656. The molecule has 2 aliphatic heterocycles. The number of carbonyl (C=O) groups is 2. The largest absolute Gasteiger partial charge is 0.490 e. The Bertz CT molecular complexity index is 947. The zero-order valence-corrected chi connectivity index (χ0v) is 17.9. The van der Waals surface area contributed by atoms with E-state index in [1.807, 2.05) is 42.1 Å². The number of halogens is 4. The van der Waals surface area contributed by atoms with Gasteiger partial charge in [0.25, 0.3) is 5.91 Å². The summed E-state index contributed by atoms with van der Waals surface area (Å²) in [5.41, 5.74) is 1.78. The van der Waals surface area contributed by atoms with E-state index in [0.29, 0.717) is 18.2 Å². The first-order valence-corrected chi connectivity index (χ1v) is 10.3. The van der Waals surface area contributed by atoms with Crippen molar-refractivity contribution in [2.24, 2.45) is 13.0 Å². The third-order valence-electron chi connectivity index (χ3n) is 5.62. The zero-order valence-electron chi connectivity index (χ0n) is 17.9. The second-order valence-corrected chi connectivity index (χ2v) is 8.13. The Morgan fingerprint density at radius 2 is 1.85 bits per heavy atom. The lowest BCUT2D eigenvalue weighted by atomic mass is 10.0. The summed E-state index contributed by atoms with van der Waals surface area (Å²) in [5.74, 6) is -2.51. The number of hydrogen-bond donors (Lipinski definition) is 2. The molecule has 180 valence electrons. The Balaban J connectivity index is 0.000000383. The molecule has 11 heteroatoms. The Hall–Kier alpha value is -2.92. The van der Waals surface area contributed by atoms with Crippen molar-refractivity contribution in [3.8, 4) is 0 Å². The molecule has 4 rings (SSSR count). The van der Waals surface area contributed by atoms with Crippen molar-refractivity contribution in [1.29, 1.82) is 0 Å². The van der Waals surface area contributed by atoms with Crippen LogP contribution in [0.15, 0.2) is 42.6 Å². The number of likely N-dealkylation sites (tertiary alicyclic amines) is 1. The van der Waals surface area contributed by atoms with Crippen LogP contribution in [-0.4, -0.2) is 64.5 Å². The molecule has 2 N–H and O–H groups in total. The van der Waals surface area contributed by atoms with Crippen LogP contribution in [-0.2, 0) is 23.1 Å². The van der Waals surface area contributed by atoms with Crippen LogP contribution < -0.4 is 5.32 Å². The molecule has 0 bridgehead atoms. The minimum Gasteiger partial charge on any atom is -0.475 e. The number of aromatic nitrogens is 1. The number of carboxylic acids is 1. The summed E-state index contributed by atoms with van der Waals surface area (Å²) in [6.07, 6.45) is -1.94. The van der Waals surface area contributed by atoms with E-state index < -0.39 is 12.1 Å². The number of ether oxygens (including phenoxy) is 1. The topological polar surface area (TPSA) is 83.8 Å².